The van der Waals surface area contributed by atoms with Gasteiger partial charge in [0.1, 0.15) is 23.6 Å². The van der Waals surface area contributed by atoms with Gasteiger partial charge in [0, 0.05) is 43.5 Å². The number of nitrogen functional groups attached to an aromatic ring is 1. The molecule has 0 unspecified atom stereocenters. The smallest absolute Gasteiger partial charge is 0.271 e. The third kappa shape index (κ3) is 5.97. The summed E-state index contributed by atoms with van der Waals surface area (Å²) in [6.07, 6.45) is 5.85. The van der Waals surface area contributed by atoms with Gasteiger partial charge in [0.15, 0.2) is 5.65 Å². The molecule has 11 heteroatoms. The Kier molecular flexibility index (Phi) is 8.49. The van der Waals surface area contributed by atoms with Crippen molar-refractivity contribution in [2.24, 2.45) is 0 Å². The second-order valence-corrected chi connectivity index (χ2v) is 11.8. The molecule has 230 valence electrons. The Balaban J connectivity index is 1.22. The van der Waals surface area contributed by atoms with Crippen molar-refractivity contribution in [1.82, 2.24) is 29.5 Å². The van der Waals surface area contributed by atoms with Crippen molar-refractivity contribution in [2.75, 3.05) is 56.7 Å². The van der Waals surface area contributed by atoms with E-state index in [1.807, 2.05) is 48.0 Å². The number of nitrogens with zero attached hydrogens (tertiary/aromatic N) is 6. The average molecular weight is 596 g/mol. The first kappa shape index (κ1) is 29.6. The van der Waals surface area contributed by atoms with Crippen LogP contribution in [0.15, 0.2) is 61.1 Å². The number of carbonyl (C=O) groups excluding carboxylic acids is 1. The van der Waals surface area contributed by atoms with E-state index in [4.69, 9.17) is 15.6 Å². The van der Waals surface area contributed by atoms with Gasteiger partial charge in [-0.25, -0.2) is 14.6 Å². The standard InChI is InChI=1S/C33H41N9O2/c1-21-7-5-6-8-26(21)37-22(2)33(43)38-27-14-9-23(19-28(27)44-4)30-29-31(34)35-20-36-32(29)42(39-30)25-12-10-24(11-13-25)41-17-15-40(3)16-18-41/h5-9,14,19-20,24-25,37H,2,10-13,15-18H2,1,3-4H3,(H,38,43)(H2,34,35,36). The molecule has 3 heterocycles. The van der Waals surface area contributed by atoms with Crippen molar-refractivity contribution < 1.29 is 9.53 Å². The summed E-state index contributed by atoms with van der Waals surface area (Å²) < 4.78 is 7.75. The number of aromatic nitrogens is 4. The molecule has 1 amide bonds. The summed E-state index contributed by atoms with van der Waals surface area (Å²) in [4.78, 5) is 27.0. The van der Waals surface area contributed by atoms with Crippen LogP contribution in [0.25, 0.3) is 22.3 Å². The van der Waals surface area contributed by atoms with Gasteiger partial charge in [-0.1, -0.05) is 30.8 Å². The first-order valence-corrected chi connectivity index (χ1v) is 15.2. The van der Waals surface area contributed by atoms with Gasteiger partial charge in [-0.2, -0.15) is 5.10 Å². The van der Waals surface area contributed by atoms with Crippen LogP contribution in [-0.2, 0) is 4.79 Å². The fraction of sp³-hybridized carbons (Fsp3) is 0.394. The van der Waals surface area contributed by atoms with Gasteiger partial charge in [0.05, 0.1) is 29.9 Å². The molecule has 0 bridgehead atoms. The summed E-state index contributed by atoms with van der Waals surface area (Å²) in [6, 6.07) is 14.1. The first-order valence-electron chi connectivity index (χ1n) is 15.2. The van der Waals surface area contributed by atoms with E-state index < -0.39 is 0 Å². The minimum atomic E-state index is -0.362. The molecule has 1 aliphatic carbocycles. The number of carbonyl (C=O) groups is 1. The van der Waals surface area contributed by atoms with Crippen molar-refractivity contribution in [1.29, 1.82) is 0 Å². The SMILES string of the molecule is C=C(Nc1ccccc1C)C(=O)Nc1ccc(-c2nn(C3CCC(N4CCN(C)CC4)CC3)c3ncnc(N)c23)cc1OC. The summed E-state index contributed by atoms with van der Waals surface area (Å²) >= 11 is 0. The zero-order chi connectivity index (χ0) is 30.8. The Morgan fingerprint density at radius 3 is 2.43 bits per heavy atom. The molecule has 1 saturated carbocycles. The monoisotopic (exact) mass is 595 g/mol. The second kappa shape index (κ2) is 12.6. The summed E-state index contributed by atoms with van der Waals surface area (Å²) in [5, 5.41) is 11.8. The number of anilines is 3. The number of piperazine rings is 1. The lowest BCUT2D eigenvalue weighted by Gasteiger charge is -2.41. The van der Waals surface area contributed by atoms with Gasteiger partial charge in [0.25, 0.3) is 5.91 Å². The number of nitrogens with one attached hydrogen (secondary N) is 2. The van der Waals surface area contributed by atoms with E-state index in [0.717, 1.165) is 79.7 Å². The molecule has 0 atom stereocenters. The van der Waals surface area contributed by atoms with Crippen molar-refractivity contribution in [2.45, 2.75) is 44.7 Å². The van der Waals surface area contributed by atoms with E-state index in [1.165, 1.54) is 6.33 Å². The number of nitrogens with two attached hydrogens (primary N) is 1. The van der Waals surface area contributed by atoms with E-state index in [1.54, 1.807) is 13.2 Å². The predicted molar refractivity (Wildman–Crippen MR) is 175 cm³/mol. The molecule has 1 saturated heterocycles. The van der Waals surface area contributed by atoms with Crippen LogP contribution in [0.3, 0.4) is 0 Å². The molecule has 2 aromatic heterocycles. The van der Waals surface area contributed by atoms with Crippen LogP contribution in [0.5, 0.6) is 5.75 Å². The van der Waals surface area contributed by atoms with Crippen LogP contribution in [0, 0.1) is 6.92 Å². The number of benzene rings is 2. The maximum Gasteiger partial charge on any atom is 0.271 e. The van der Waals surface area contributed by atoms with Gasteiger partial charge in [-0.05, 0) is 63.4 Å². The number of ether oxygens (including phenoxy) is 1. The average Bonchev–Trinajstić information content (AvgIpc) is 3.44. The molecule has 4 aromatic rings. The largest absolute Gasteiger partial charge is 0.495 e. The lowest BCUT2D eigenvalue weighted by molar-refractivity contribution is -0.112. The molecule has 2 aliphatic rings. The van der Waals surface area contributed by atoms with Crippen LogP contribution in [-0.4, -0.2) is 81.8 Å². The molecule has 0 spiro atoms. The summed E-state index contributed by atoms with van der Waals surface area (Å²) in [5.74, 6) is 0.515. The van der Waals surface area contributed by atoms with E-state index in [2.05, 4.69) is 44.0 Å². The molecule has 4 N–H and O–H groups in total. The number of hydrogen-bond donors (Lipinski definition) is 3. The Hall–Kier alpha value is -4.48. The molecule has 2 aromatic carbocycles. The fourth-order valence-electron chi connectivity index (χ4n) is 6.38. The van der Waals surface area contributed by atoms with Crippen molar-refractivity contribution in [3.8, 4) is 17.0 Å². The van der Waals surface area contributed by atoms with E-state index in [0.29, 0.717) is 29.0 Å². The van der Waals surface area contributed by atoms with Crippen LogP contribution >= 0.6 is 0 Å². The highest BCUT2D eigenvalue weighted by atomic mass is 16.5. The van der Waals surface area contributed by atoms with Gasteiger partial charge in [-0.3, -0.25) is 9.69 Å². The quantitative estimate of drug-likeness (QED) is 0.249. The predicted octanol–water partition coefficient (Wildman–Crippen LogP) is 4.69. The molecular formula is C33H41N9O2. The zero-order valence-corrected chi connectivity index (χ0v) is 25.7. The fourth-order valence-corrected chi connectivity index (χ4v) is 6.38. The van der Waals surface area contributed by atoms with Crippen molar-refractivity contribution in [3.63, 3.8) is 0 Å². The third-order valence-corrected chi connectivity index (χ3v) is 9.01. The number of likely N-dealkylation sites (N-methyl/N-ethyl adjacent to an activating group) is 1. The van der Waals surface area contributed by atoms with Crippen molar-refractivity contribution in [3.05, 3.63) is 66.6 Å². The van der Waals surface area contributed by atoms with Crippen LogP contribution in [0.2, 0.25) is 0 Å². The highest BCUT2D eigenvalue weighted by Gasteiger charge is 2.31. The number of para-hydroxylation sites is 1. The Morgan fingerprint density at radius 2 is 1.70 bits per heavy atom. The maximum absolute atomic E-state index is 13.0. The second-order valence-electron chi connectivity index (χ2n) is 11.8. The third-order valence-electron chi connectivity index (χ3n) is 9.01. The van der Waals surface area contributed by atoms with E-state index in [-0.39, 0.29) is 17.6 Å². The molecule has 6 rings (SSSR count). The molecular weight excluding hydrogens is 554 g/mol. The Bertz CT molecular complexity index is 1670. The molecule has 0 radical (unpaired) electrons. The lowest BCUT2D eigenvalue weighted by Crippen LogP contribution is -2.49. The highest BCUT2D eigenvalue weighted by molar-refractivity contribution is 6.06. The van der Waals surface area contributed by atoms with E-state index in [9.17, 15) is 4.79 Å². The van der Waals surface area contributed by atoms with Crippen LogP contribution in [0.1, 0.15) is 37.3 Å². The van der Waals surface area contributed by atoms with E-state index >= 15 is 0 Å². The molecule has 2 fully saturated rings. The Morgan fingerprint density at radius 1 is 0.977 bits per heavy atom. The summed E-state index contributed by atoms with van der Waals surface area (Å²) in [6.45, 7) is 10.4. The minimum Gasteiger partial charge on any atom is -0.495 e. The molecule has 1 aliphatic heterocycles. The Labute approximate surface area is 258 Å². The van der Waals surface area contributed by atoms with Crippen LogP contribution in [0.4, 0.5) is 17.2 Å². The number of fused-ring (bicyclic) bond motifs is 1. The van der Waals surface area contributed by atoms with Crippen molar-refractivity contribution >= 4 is 34.1 Å². The number of methoxy groups -OCH3 is 1. The lowest BCUT2D eigenvalue weighted by atomic mass is 9.90. The molecule has 11 nitrogen and oxygen atoms in total. The summed E-state index contributed by atoms with van der Waals surface area (Å²) in [5.41, 5.74) is 11.2. The van der Waals surface area contributed by atoms with Gasteiger partial charge in [0.2, 0.25) is 0 Å². The summed E-state index contributed by atoms with van der Waals surface area (Å²) in [7, 11) is 3.77. The maximum atomic E-state index is 13.0. The molecule has 44 heavy (non-hydrogen) atoms. The number of aryl methyl sites for hydroxylation is 1. The topological polar surface area (TPSA) is 126 Å². The van der Waals surface area contributed by atoms with Crippen LogP contribution < -0.4 is 21.1 Å². The highest BCUT2D eigenvalue weighted by Crippen LogP contribution is 2.39. The van der Waals surface area contributed by atoms with Gasteiger partial charge in [-0.15, -0.1) is 0 Å². The first-order chi connectivity index (χ1) is 21.3. The number of rotatable bonds is 8. The van der Waals surface area contributed by atoms with Gasteiger partial charge >= 0.3 is 0 Å². The number of hydrogen-bond acceptors (Lipinski definition) is 9. The minimum absolute atomic E-state index is 0.224. The van der Waals surface area contributed by atoms with Gasteiger partial charge < -0.3 is 26.0 Å². The zero-order valence-electron chi connectivity index (χ0n) is 25.7. The normalized spacial score (nSPS) is 19.5. The number of amides is 1.